The molecule has 4 nitrogen and oxygen atoms in total. The van der Waals surface area contributed by atoms with Crippen LogP contribution in [-0.4, -0.2) is 17.6 Å². The third kappa shape index (κ3) is 3.26. The Labute approximate surface area is 131 Å². The molecule has 0 aliphatic heterocycles. The van der Waals surface area contributed by atoms with Crippen molar-refractivity contribution >= 4 is 5.91 Å². The summed E-state index contributed by atoms with van der Waals surface area (Å²) in [6.07, 6.45) is 1.42. The third-order valence-corrected chi connectivity index (χ3v) is 3.89. The maximum atomic E-state index is 12.3. The number of fused-ring (bicyclic) bond motifs is 1. The van der Waals surface area contributed by atoms with Gasteiger partial charge >= 0.3 is 6.61 Å². The van der Waals surface area contributed by atoms with Crippen LogP contribution in [0.2, 0.25) is 0 Å². The molecule has 1 aliphatic carbocycles. The molecule has 2 aromatic carbocycles. The molecule has 0 heterocycles. The van der Waals surface area contributed by atoms with E-state index in [1.165, 1.54) is 24.3 Å². The van der Waals surface area contributed by atoms with E-state index in [0.29, 0.717) is 18.4 Å². The largest absolute Gasteiger partial charge is 0.508 e. The van der Waals surface area contributed by atoms with E-state index in [0.717, 1.165) is 11.1 Å². The molecular formula is C17H15F2NO3. The summed E-state index contributed by atoms with van der Waals surface area (Å²) >= 11 is 0. The molecule has 0 aromatic heterocycles. The summed E-state index contributed by atoms with van der Waals surface area (Å²) in [5.74, 6) is -0.0461. The van der Waals surface area contributed by atoms with Crippen molar-refractivity contribution in [3.8, 4) is 11.5 Å². The van der Waals surface area contributed by atoms with Crippen molar-refractivity contribution in [3.05, 3.63) is 59.2 Å². The first-order valence-corrected chi connectivity index (χ1v) is 7.21. The molecule has 0 saturated heterocycles. The van der Waals surface area contributed by atoms with Crippen LogP contribution >= 0.6 is 0 Å². The lowest BCUT2D eigenvalue weighted by Gasteiger charge is -2.14. The molecule has 6 heteroatoms. The molecule has 2 N–H and O–H groups in total. The lowest BCUT2D eigenvalue weighted by atomic mass is 10.1. The van der Waals surface area contributed by atoms with Crippen molar-refractivity contribution in [2.24, 2.45) is 0 Å². The number of nitrogens with one attached hydrogen (secondary N) is 1. The van der Waals surface area contributed by atoms with Gasteiger partial charge in [-0.3, -0.25) is 4.79 Å². The molecule has 2 aromatic rings. The minimum absolute atomic E-state index is 0.00712. The van der Waals surface area contributed by atoms with Crippen LogP contribution in [0.25, 0.3) is 0 Å². The van der Waals surface area contributed by atoms with E-state index in [-0.39, 0.29) is 23.4 Å². The zero-order valence-electron chi connectivity index (χ0n) is 12.1. The van der Waals surface area contributed by atoms with Gasteiger partial charge in [-0.1, -0.05) is 12.1 Å². The lowest BCUT2D eigenvalue weighted by molar-refractivity contribution is -0.0498. The van der Waals surface area contributed by atoms with Crippen molar-refractivity contribution in [2.45, 2.75) is 25.5 Å². The van der Waals surface area contributed by atoms with Gasteiger partial charge in [-0.2, -0.15) is 8.78 Å². The molecule has 1 aliphatic rings. The molecule has 0 saturated carbocycles. The zero-order valence-corrected chi connectivity index (χ0v) is 12.1. The normalized spacial score (nSPS) is 16.2. The summed E-state index contributed by atoms with van der Waals surface area (Å²) in [5, 5.41) is 12.7. The van der Waals surface area contributed by atoms with Crippen molar-refractivity contribution in [3.63, 3.8) is 0 Å². The first-order valence-electron chi connectivity index (χ1n) is 7.21. The fourth-order valence-electron chi connectivity index (χ4n) is 2.81. The highest BCUT2D eigenvalue weighted by Gasteiger charge is 2.26. The standard InChI is InChI=1S/C17H15F2NO3/c18-17(19)23-11-6-4-10(5-7-11)16(22)20-14-9-8-13-12(14)2-1-3-15(13)21/h1-7,14,17,21H,8-9H2,(H,20,22). The molecule has 120 valence electrons. The summed E-state index contributed by atoms with van der Waals surface area (Å²) in [6, 6.07) is 10.6. The van der Waals surface area contributed by atoms with E-state index in [1.54, 1.807) is 12.1 Å². The molecule has 23 heavy (non-hydrogen) atoms. The van der Waals surface area contributed by atoms with Crippen LogP contribution in [0.15, 0.2) is 42.5 Å². The first-order chi connectivity index (χ1) is 11.0. The number of carbonyl (C=O) groups excluding carboxylic acids is 1. The monoisotopic (exact) mass is 319 g/mol. The summed E-state index contributed by atoms with van der Waals surface area (Å²) in [4.78, 5) is 12.3. The van der Waals surface area contributed by atoms with Crippen LogP contribution in [0.3, 0.4) is 0 Å². The second kappa shape index (κ2) is 6.24. The first kappa shape index (κ1) is 15.3. The summed E-state index contributed by atoms with van der Waals surface area (Å²) in [5.41, 5.74) is 2.13. The van der Waals surface area contributed by atoms with Crippen LogP contribution in [0.4, 0.5) is 8.78 Å². The Hall–Kier alpha value is -2.63. The zero-order chi connectivity index (χ0) is 16.4. The number of aromatic hydroxyl groups is 1. The van der Waals surface area contributed by atoms with Gasteiger partial charge in [0.25, 0.3) is 5.91 Å². The van der Waals surface area contributed by atoms with E-state index in [2.05, 4.69) is 10.1 Å². The molecule has 3 rings (SSSR count). The molecule has 0 fully saturated rings. The number of phenols is 1. The quantitative estimate of drug-likeness (QED) is 0.908. The smallest absolute Gasteiger partial charge is 0.387 e. The fourth-order valence-corrected chi connectivity index (χ4v) is 2.81. The van der Waals surface area contributed by atoms with Crippen LogP contribution < -0.4 is 10.1 Å². The van der Waals surface area contributed by atoms with E-state index < -0.39 is 6.61 Å². The van der Waals surface area contributed by atoms with Crippen LogP contribution in [0, 0.1) is 0 Å². The highest BCUT2D eigenvalue weighted by atomic mass is 19.3. The second-order valence-electron chi connectivity index (χ2n) is 5.31. The number of hydrogen-bond donors (Lipinski definition) is 2. The summed E-state index contributed by atoms with van der Waals surface area (Å²) in [6.45, 7) is -2.89. The number of phenolic OH excluding ortho intramolecular Hbond substituents is 1. The van der Waals surface area contributed by atoms with Crippen molar-refractivity contribution in [1.29, 1.82) is 0 Å². The molecule has 0 spiro atoms. The number of halogens is 2. The van der Waals surface area contributed by atoms with E-state index in [4.69, 9.17) is 0 Å². The maximum absolute atomic E-state index is 12.3. The average Bonchev–Trinajstić information content (AvgIpc) is 2.92. The molecule has 1 unspecified atom stereocenters. The predicted octanol–water partition coefficient (Wildman–Crippen LogP) is 3.41. The van der Waals surface area contributed by atoms with Gasteiger partial charge in [0.2, 0.25) is 0 Å². The summed E-state index contributed by atoms with van der Waals surface area (Å²) in [7, 11) is 0. The molecule has 0 bridgehead atoms. The minimum atomic E-state index is -2.89. The van der Waals surface area contributed by atoms with Crippen molar-refractivity contribution < 1.29 is 23.4 Å². The summed E-state index contributed by atoms with van der Waals surface area (Å²) < 4.78 is 28.5. The Morgan fingerprint density at radius 3 is 2.65 bits per heavy atom. The van der Waals surface area contributed by atoms with Gasteiger partial charge in [0.15, 0.2) is 0 Å². The van der Waals surface area contributed by atoms with Gasteiger partial charge in [0, 0.05) is 5.56 Å². The number of alkyl halides is 2. The Kier molecular flexibility index (Phi) is 4.14. The van der Waals surface area contributed by atoms with Gasteiger partial charge in [-0.05, 0) is 54.3 Å². The van der Waals surface area contributed by atoms with Gasteiger partial charge in [-0.25, -0.2) is 0 Å². The van der Waals surface area contributed by atoms with Gasteiger partial charge in [0.05, 0.1) is 6.04 Å². The Morgan fingerprint density at radius 1 is 1.22 bits per heavy atom. The highest BCUT2D eigenvalue weighted by molar-refractivity contribution is 5.94. The van der Waals surface area contributed by atoms with Crippen LogP contribution in [-0.2, 0) is 6.42 Å². The van der Waals surface area contributed by atoms with Crippen molar-refractivity contribution in [2.75, 3.05) is 0 Å². The number of amides is 1. The number of carbonyl (C=O) groups is 1. The minimum Gasteiger partial charge on any atom is -0.508 e. The Balaban J connectivity index is 1.70. The van der Waals surface area contributed by atoms with E-state index in [9.17, 15) is 18.7 Å². The van der Waals surface area contributed by atoms with Gasteiger partial charge < -0.3 is 15.2 Å². The lowest BCUT2D eigenvalue weighted by Crippen LogP contribution is -2.27. The van der Waals surface area contributed by atoms with Gasteiger partial charge in [-0.15, -0.1) is 0 Å². The second-order valence-corrected chi connectivity index (χ2v) is 5.31. The van der Waals surface area contributed by atoms with Crippen LogP contribution in [0.1, 0.15) is 33.9 Å². The Morgan fingerprint density at radius 2 is 1.96 bits per heavy atom. The predicted molar refractivity (Wildman–Crippen MR) is 79.7 cm³/mol. The fraction of sp³-hybridized carbons (Fsp3) is 0.235. The van der Waals surface area contributed by atoms with Crippen LogP contribution in [0.5, 0.6) is 11.5 Å². The number of rotatable bonds is 4. The Bertz CT molecular complexity index is 716. The van der Waals surface area contributed by atoms with Gasteiger partial charge in [0.1, 0.15) is 11.5 Å². The number of benzene rings is 2. The number of ether oxygens (including phenoxy) is 1. The molecule has 1 amide bonds. The average molecular weight is 319 g/mol. The van der Waals surface area contributed by atoms with E-state index >= 15 is 0 Å². The number of hydrogen-bond acceptors (Lipinski definition) is 3. The molecule has 0 radical (unpaired) electrons. The third-order valence-electron chi connectivity index (χ3n) is 3.89. The van der Waals surface area contributed by atoms with E-state index in [1.807, 2.05) is 6.07 Å². The SMILES string of the molecule is O=C(NC1CCc2c(O)cccc21)c1ccc(OC(F)F)cc1. The molecule has 1 atom stereocenters. The maximum Gasteiger partial charge on any atom is 0.387 e. The topological polar surface area (TPSA) is 58.6 Å². The highest BCUT2D eigenvalue weighted by Crippen LogP contribution is 2.36. The molecular weight excluding hydrogens is 304 g/mol. The van der Waals surface area contributed by atoms with Crippen molar-refractivity contribution in [1.82, 2.24) is 5.32 Å².